The zero-order valence-electron chi connectivity index (χ0n) is 28.6. The smallest absolute Gasteiger partial charge is 0.136 e. The third kappa shape index (κ3) is 4.47. The van der Waals surface area contributed by atoms with Crippen LogP contribution in [0.15, 0.2) is 186 Å². The Morgan fingerprint density at radius 2 is 0.837 bits per heavy atom. The van der Waals surface area contributed by atoms with Gasteiger partial charge in [0.25, 0.3) is 0 Å². The van der Waals surface area contributed by atoms with Crippen molar-refractivity contribution in [1.82, 2.24) is 0 Å². The first-order valence-electron chi connectivity index (χ1n) is 17.7. The zero-order chi connectivity index (χ0) is 34.1. The largest absolute Gasteiger partial charge is 0.456 e. The van der Waals surface area contributed by atoms with Gasteiger partial charge in [-0.15, -0.1) is 0 Å². The highest BCUT2D eigenvalue weighted by molar-refractivity contribution is 6.22. The molecule has 0 saturated heterocycles. The molecule has 0 aliphatic rings. The second-order valence-corrected chi connectivity index (χ2v) is 12.6. The van der Waals surface area contributed by atoms with Crippen LogP contribution in [0, 0.1) is 0 Å². The molecular weight excluding hydrogens is 593 g/mol. The van der Waals surface area contributed by atoms with Crippen molar-refractivity contribution in [3.63, 3.8) is 0 Å². The van der Waals surface area contributed by atoms with E-state index in [4.69, 9.17) is 4.42 Å². The van der Waals surface area contributed by atoms with Crippen molar-refractivity contribution in [1.29, 1.82) is 0 Å². The van der Waals surface area contributed by atoms with Crippen molar-refractivity contribution in [3.8, 4) is 44.5 Å². The number of hydrogen-bond acceptors (Lipinski definition) is 1. The van der Waals surface area contributed by atoms with Crippen molar-refractivity contribution in [2.75, 3.05) is 0 Å². The first-order chi connectivity index (χ1) is 25.2. The standard InChI is InChI=1S/C48H30O/c1-2-13-31(14-3-1)32-15-10-18-35(27-32)47-39-21-4-6-23-41(39)48(42-24-7-5-22-40(42)47)36-19-11-16-33(28-36)37-25-12-17-34-29-44-38-20-8-9-26-45(38)49-46(44)30-43(34)37/h1-30H/i29D,30D. The number of benzene rings is 9. The van der Waals surface area contributed by atoms with Crippen molar-refractivity contribution in [3.05, 3.63) is 182 Å². The SMILES string of the molecule is [2H]c1c2oc3ccccc3c2c([2H])c2cccc(-c3cccc(-c4c5ccccc5c(-c5cccc(-c6ccccc6)c5)c5ccccc45)c3)c12. The van der Waals surface area contributed by atoms with Crippen LogP contribution in [-0.2, 0) is 0 Å². The van der Waals surface area contributed by atoms with Gasteiger partial charge < -0.3 is 4.42 Å². The van der Waals surface area contributed by atoms with Gasteiger partial charge in [-0.05, 0) is 107 Å². The molecule has 1 aromatic heterocycles. The lowest BCUT2D eigenvalue weighted by molar-refractivity contribution is 0.669. The molecule has 0 fully saturated rings. The molecule has 0 amide bonds. The second kappa shape index (κ2) is 11.1. The molecule has 9 aromatic carbocycles. The first kappa shape index (κ1) is 25.6. The highest BCUT2D eigenvalue weighted by atomic mass is 16.3. The van der Waals surface area contributed by atoms with E-state index in [-0.39, 0.29) is 0 Å². The number of hydrogen-bond donors (Lipinski definition) is 0. The predicted octanol–water partition coefficient (Wildman–Crippen LogP) is 13.7. The summed E-state index contributed by atoms with van der Waals surface area (Å²) in [4.78, 5) is 0. The minimum Gasteiger partial charge on any atom is -0.456 e. The highest BCUT2D eigenvalue weighted by Crippen LogP contribution is 2.45. The summed E-state index contributed by atoms with van der Waals surface area (Å²) in [5.41, 5.74) is 10.1. The third-order valence-corrected chi connectivity index (χ3v) is 9.81. The average molecular weight is 625 g/mol. The van der Waals surface area contributed by atoms with E-state index in [1.165, 1.54) is 49.4 Å². The molecule has 0 unspecified atom stereocenters. The molecule has 0 spiro atoms. The molecule has 0 saturated carbocycles. The maximum absolute atomic E-state index is 9.38. The average Bonchev–Trinajstić information content (AvgIpc) is 3.59. The van der Waals surface area contributed by atoms with Gasteiger partial charge in [0.1, 0.15) is 11.2 Å². The Balaban J connectivity index is 1.21. The second-order valence-electron chi connectivity index (χ2n) is 12.6. The Labute approximate surface area is 287 Å². The Morgan fingerprint density at radius 1 is 0.327 bits per heavy atom. The Morgan fingerprint density at radius 3 is 1.51 bits per heavy atom. The van der Waals surface area contributed by atoms with Gasteiger partial charge in [-0.2, -0.15) is 0 Å². The molecule has 0 radical (unpaired) electrons. The molecular formula is C48H30O. The molecule has 0 bridgehead atoms. The van der Waals surface area contributed by atoms with Gasteiger partial charge in [-0.25, -0.2) is 0 Å². The van der Waals surface area contributed by atoms with Crippen LogP contribution in [0.4, 0.5) is 0 Å². The number of para-hydroxylation sites is 1. The summed E-state index contributed by atoms with van der Waals surface area (Å²) in [6.07, 6.45) is 0. The summed E-state index contributed by atoms with van der Waals surface area (Å²) in [6.45, 7) is 0. The molecule has 0 aliphatic heterocycles. The summed E-state index contributed by atoms with van der Waals surface area (Å²) in [5.74, 6) is 0. The molecule has 1 heterocycles. The van der Waals surface area contributed by atoms with E-state index >= 15 is 0 Å². The normalized spacial score (nSPS) is 12.2. The summed E-state index contributed by atoms with van der Waals surface area (Å²) < 4.78 is 24.9. The van der Waals surface area contributed by atoms with Crippen LogP contribution in [0.25, 0.3) is 98.8 Å². The van der Waals surface area contributed by atoms with Gasteiger partial charge in [0.2, 0.25) is 0 Å². The van der Waals surface area contributed by atoms with E-state index in [1.807, 2.05) is 36.4 Å². The number of rotatable bonds is 4. The van der Waals surface area contributed by atoms with Gasteiger partial charge in [0, 0.05) is 10.8 Å². The van der Waals surface area contributed by atoms with Gasteiger partial charge in [0.15, 0.2) is 0 Å². The molecule has 1 nitrogen and oxygen atoms in total. The molecule has 10 aromatic rings. The van der Waals surface area contributed by atoms with Gasteiger partial charge in [0.05, 0.1) is 2.74 Å². The maximum atomic E-state index is 9.38. The lowest BCUT2D eigenvalue weighted by atomic mass is 9.85. The van der Waals surface area contributed by atoms with Crippen molar-refractivity contribution in [2.45, 2.75) is 0 Å². The van der Waals surface area contributed by atoms with Gasteiger partial charge in [-0.1, -0.05) is 152 Å². The summed E-state index contributed by atoms with van der Waals surface area (Å²) >= 11 is 0. The maximum Gasteiger partial charge on any atom is 0.136 e. The van der Waals surface area contributed by atoms with Gasteiger partial charge >= 0.3 is 0 Å². The third-order valence-electron chi connectivity index (χ3n) is 9.81. The fourth-order valence-corrected chi connectivity index (χ4v) is 7.62. The first-order valence-corrected chi connectivity index (χ1v) is 16.7. The lowest BCUT2D eigenvalue weighted by Crippen LogP contribution is -1.91. The molecule has 228 valence electrons. The lowest BCUT2D eigenvalue weighted by Gasteiger charge is -2.19. The topological polar surface area (TPSA) is 13.1 Å². The molecule has 0 N–H and O–H groups in total. The summed E-state index contributed by atoms with van der Waals surface area (Å²) in [6, 6.07) is 60.0. The van der Waals surface area contributed by atoms with Crippen LogP contribution in [0.2, 0.25) is 0 Å². The van der Waals surface area contributed by atoms with E-state index in [0.29, 0.717) is 28.6 Å². The van der Waals surface area contributed by atoms with E-state index in [9.17, 15) is 2.74 Å². The van der Waals surface area contributed by atoms with Crippen LogP contribution >= 0.6 is 0 Å². The Bertz CT molecular complexity index is 2940. The fourth-order valence-electron chi connectivity index (χ4n) is 7.62. The molecule has 1 heteroatoms. The Hall–Kier alpha value is -6.44. The van der Waals surface area contributed by atoms with E-state index < -0.39 is 0 Å². The minimum absolute atomic E-state index is 0.311. The molecule has 10 rings (SSSR count). The fraction of sp³-hybridized carbons (Fsp3) is 0. The van der Waals surface area contributed by atoms with Gasteiger partial charge in [-0.3, -0.25) is 0 Å². The van der Waals surface area contributed by atoms with Crippen LogP contribution < -0.4 is 0 Å². The predicted molar refractivity (Wildman–Crippen MR) is 208 cm³/mol. The molecule has 0 atom stereocenters. The van der Waals surface area contributed by atoms with Crippen LogP contribution in [0.1, 0.15) is 2.74 Å². The monoisotopic (exact) mass is 624 g/mol. The van der Waals surface area contributed by atoms with E-state index in [2.05, 4.69) is 133 Å². The van der Waals surface area contributed by atoms with Crippen molar-refractivity contribution in [2.24, 2.45) is 0 Å². The highest BCUT2D eigenvalue weighted by Gasteiger charge is 2.18. The van der Waals surface area contributed by atoms with Crippen LogP contribution in [-0.4, -0.2) is 0 Å². The van der Waals surface area contributed by atoms with E-state index in [1.54, 1.807) is 0 Å². The summed E-state index contributed by atoms with van der Waals surface area (Å²) in [5, 5.41) is 7.82. The minimum atomic E-state index is 0.311. The van der Waals surface area contributed by atoms with Crippen LogP contribution in [0.3, 0.4) is 0 Å². The van der Waals surface area contributed by atoms with Crippen molar-refractivity contribution < 1.29 is 7.16 Å². The van der Waals surface area contributed by atoms with Crippen molar-refractivity contribution >= 4 is 54.3 Å². The number of fused-ring (bicyclic) bond motifs is 6. The quantitative estimate of drug-likeness (QED) is 0.178. The van der Waals surface area contributed by atoms with Crippen LogP contribution in [0.5, 0.6) is 0 Å². The van der Waals surface area contributed by atoms with E-state index in [0.717, 1.165) is 32.8 Å². The Kier molecular flexibility index (Phi) is 5.79. The zero-order valence-corrected chi connectivity index (χ0v) is 26.6. The number of furan rings is 1. The molecule has 49 heavy (non-hydrogen) atoms. The molecule has 0 aliphatic carbocycles. The summed E-state index contributed by atoms with van der Waals surface area (Å²) in [7, 11) is 0.